The van der Waals surface area contributed by atoms with Crippen molar-refractivity contribution in [2.24, 2.45) is 0 Å². The third-order valence-electron chi connectivity index (χ3n) is 1.29. The number of hydrogen-bond acceptors (Lipinski definition) is 4. The van der Waals surface area contributed by atoms with Crippen LogP contribution in [0.15, 0.2) is 0 Å². The van der Waals surface area contributed by atoms with Crippen molar-refractivity contribution in [1.82, 2.24) is 0 Å². The van der Waals surface area contributed by atoms with E-state index in [1.807, 2.05) is 0 Å². The third-order valence-corrected chi connectivity index (χ3v) is 1.29. The summed E-state index contributed by atoms with van der Waals surface area (Å²) < 4.78 is 0. The molecule has 0 rings (SSSR count). The van der Waals surface area contributed by atoms with Crippen molar-refractivity contribution in [2.75, 3.05) is 0 Å². The van der Waals surface area contributed by atoms with Crippen LogP contribution in [0.4, 0.5) is 0 Å². The second-order valence-corrected chi connectivity index (χ2v) is 2.48. The molecule has 77 valence electrons. The first kappa shape index (κ1) is 16.0. The van der Waals surface area contributed by atoms with Gasteiger partial charge in [0.2, 0.25) is 0 Å². The number of carboxylic acid groups (broad SMARTS) is 3. The van der Waals surface area contributed by atoms with Gasteiger partial charge in [-0.25, -0.2) is 4.79 Å². The first-order valence-corrected chi connectivity index (χ1v) is 3.17. The molecule has 0 amide bonds. The van der Waals surface area contributed by atoms with Gasteiger partial charge in [0, 0.05) is 35.6 Å². The van der Waals surface area contributed by atoms with Crippen LogP contribution in [0.2, 0.25) is 0 Å². The number of carboxylic acids is 3. The van der Waals surface area contributed by atoms with Gasteiger partial charge in [-0.15, -0.1) is 0 Å². The van der Waals surface area contributed by atoms with E-state index in [2.05, 4.69) is 0 Å². The van der Waals surface area contributed by atoms with Crippen LogP contribution >= 0.6 is 0 Å². The molecule has 0 bridgehead atoms. The molecule has 0 aliphatic carbocycles. The zero-order valence-corrected chi connectivity index (χ0v) is 10.6. The topological polar surface area (TPSA) is 132 Å². The van der Waals surface area contributed by atoms with Crippen molar-refractivity contribution in [3.8, 4) is 0 Å². The largest absolute Gasteiger partial charge is 0.481 e. The Bertz CT molecular complexity index is 233. The van der Waals surface area contributed by atoms with Crippen LogP contribution in [-0.2, 0) is 14.4 Å². The van der Waals surface area contributed by atoms with Crippen LogP contribution < -0.4 is 0 Å². The Balaban J connectivity index is 0. The minimum atomic E-state index is -2.74. The minimum absolute atomic E-state index is 0. The van der Waals surface area contributed by atoms with Gasteiger partial charge in [-0.3, -0.25) is 9.59 Å². The van der Waals surface area contributed by atoms with E-state index in [1.54, 1.807) is 0 Å². The number of rotatable bonds is 5. The fraction of sp³-hybridized carbons (Fsp3) is 0.500. The predicted molar refractivity (Wildman–Crippen MR) is 37.1 cm³/mol. The molecule has 0 aliphatic rings. The fourth-order valence-corrected chi connectivity index (χ4v) is 0.714. The van der Waals surface area contributed by atoms with Crippen molar-refractivity contribution < 1.29 is 70.4 Å². The molecule has 0 aliphatic heterocycles. The van der Waals surface area contributed by atoms with Gasteiger partial charge < -0.3 is 20.4 Å². The van der Waals surface area contributed by atoms with E-state index in [0.717, 1.165) is 0 Å². The molecule has 0 saturated carbocycles. The van der Waals surface area contributed by atoms with Crippen molar-refractivity contribution in [3.63, 3.8) is 0 Å². The van der Waals surface area contributed by atoms with E-state index in [1.165, 1.54) is 0 Å². The molecule has 7 nitrogen and oxygen atoms in total. The molecular weight excluding hydrogens is 323 g/mol. The van der Waals surface area contributed by atoms with E-state index in [9.17, 15) is 14.4 Å². The Morgan fingerprint density at radius 2 is 1.21 bits per heavy atom. The summed E-state index contributed by atoms with van der Waals surface area (Å²) in [6.45, 7) is 0. The zero-order valence-electron chi connectivity index (χ0n) is 7.01. The van der Waals surface area contributed by atoms with Crippen molar-refractivity contribution in [1.29, 1.82) is 0 Å². The molecule has 0 fully saturated rings. The average molecular weight is 331 g/mol. The molecule has 0 heterocycles. The number of hydrogen-bond donors (Lipinski definition) is 4. The molecule has 0 unspecified atom stereocenters. The normalized spacial score (nSPS) is 10.1. The summed E-state index contributed by atoms with van der Waals surface area (Å²) in [6, 6.07) is 0. The first-order chi connectivity index (χ1) is 5.78. The second-order valence-electron chi connectivity index (χ2n) is 2.48. The van der Waals surface area contributed by atoms with Crippen LogP contribution in [-0.4, -0.2) is 43.9 Å². The smallest absolute Gasteiger partial charge is 0.336 e. The summed E-state index contributed by atoms with van der Waals surface area (Å²) >= 11 is 0. The maximum atomic E-state index is 10.3. The quantitative estimate of drug-likeness (QED) is 0.495. The molecular formula is C6H8LaO7. The standard InChI is InChI=1S/C6H8O7.La/c7-3(8)1-6(13,5(11)12)2-4(9)10;/h13H,1-2H2,(H,7,8)(H,9,10)(H,11,12);. The van der Waals surface area contributed by atoms with Crippen molar-refractivity contribution in [3.05, 3.63) is 0 Å². The van der Waals surface area contributed by atoms with Gasteiger partial charge in [0.1, 0.15) is 0 Å². The molecule has 1 radical (unpaired) electrons. The van der Waals surface area contributed by atoms with E-state index >= 15 is 0 Å². The summed E-state index contributed by atoms with van der Waals surface area (Å²) in [5.74, 6) is -5.02. The molecule has 0 atom stereocenters. The Kier molecular flexibility index (Phi) is 7.00. The monoisotopic (exact) mass is 331 g/mol. The van der Waals surface area contributed by atoms with Crippen LogP contribution in [0.5, 0.6) is 0 Å². The molecule has 0 aromatic carbocycles. The summed E-state index contributed by atoms with van der Waals surface area (Å²) in [4.78, 5) is 30.5. The van der Waals surface area contributed by atoms with Gasteiger partial charge in [-0.05, 0) is 0 Å². The van der Waals surface area contributed by atoms with Gasteiger partial charge in [0.15, 0.2) is 5.60 Å². The summed E-state index contributed by atoms with van der Waals surface area (Å²) in [5, 5.41) is 33.8. The number of aliphatic carboxylic acids is 3. The number of aliphatic hydroxyl groups is 1. The van der Waals surface area contributed by atoms with Gasteiger partial charge >= 0.3 is 17.9 Å². The minimum Gasteiger partial charge on any atom is -0.481 e. The molecule has 0 aromatic rings. The van der Waals surface area contributed by atoms with E-state index < -0.39 is 36.4 Å². The van der Waals surface area contributed by atoms with Crippen LogP contribution in [0.3, 0.4) is 0 Å². The Labute approximate surface area is 106 Å². The number of carbonyl (C=O) groups is 3. The average Bonchev–Trinajstić information content (AvgIpc) is 1.82. The summed E-state index contributed by atoms with van der Waals surface area (Å²) in [7, 11) is 0. The Morgan fingerprint density at radius 3 is 1.36 bits per heavy atom. The van der Waals surface area contributed by atoms with E-state index in [0.29, 0.717) is 0 Å². The first-order valence-electron chi connectivity index (χ1n) is 3.17. The maximum Gasteiger partial charge on any atom is 0.336 e. The van der Waals surface area contributed by atoms with Crippen LogP contribution in [0, 0.1) is 35.6 Å². The fourth-order valence-electron chi connectivity index (χ4n) is 0.714. The van der Waals surface area contributed by atoms with Gasteiger partial charge in [0.05, 0.1) is 12.8 Å². The molecule has 4 N–H and O–H groups in total. The van der Waals surface area contributed by atoms with Crippen LogP contribution in [0.25, 0.3) is 0 Å². The van der Waals surface area contributed by atoms with Crippen LogP contribution in [0.1, 0.15) is 12.8 Å². The molecule has 0 saturated heterocycles. The SMILES string of the molecule is O=C(O)CC(O)(CC(=O)O)C(=O)O.[La]. The van der Waals surface area contributed by atoms with Crippen molar-refractivity contribution >= 4 is 17.9 Å². The summed E-state index contributed by atoms with van der Waals surface area (Å²) in [5.41, 5.74) is -2.74. The molecule has 8 heteroatoms. The third kappa shape index (κ3) is 5.33. The Hall–Kier alpha value is -0.435. The maximum absolute atomic E-state index is 10.3. The molecule has 0 spiro atoms. The van der Waals surface area contributed by atoms with Gasteiger partial charge in [0.25, 0.3) is 0 Å². The van der Waals surface area contributed by atoms with E-state index in [-0.39, 0.29) is 35.6 Å². The molecule has 14 heavy (non-hydrogen) atoms. The summed E-state index contributed by atoms with van der Waals surface area (Å²) in [6.07, 6.45) is -2.29. The predicted octanol–water partition coefficient (Wildman–Crippen LogP) is -1.25. The van der Waals surface area contributed by atoms with Gasteiger partial charge in [-0.2, -0.15) is 0 Å². The zero-order chi connectivity index (χ0) is 10.6. The molecule has 0 aromatic heterocycles. The Morgan fingerprint density at radius 1 is 0.929 bits per heavy atom. The van der Waals surface area contributed by atoms with E-state index in [4.69, 9.17) is 20.4 Å². The second kappa shape index (κ2) is 6.12. The van der Waals surface area contributed by atoms with Gasteiger partial charge in [-0.1, -0.05) is 0 Å². The van der Waals surface area contributed by atoms with Crippen molar-refractivity contribution in [2.45, 2.75) is 18.4 Å².